The number of hydrogen-bond acceptors (Lipinski definition) is 5. The second-order valence-electron chi connectivity index (χ2n) is 8.63. The highest BCUT2D eigenvalue weighted by Gasteiger charge is 2.37. The van der Waals surface area contributed by atoms with Gasteiger partial charge in [0.1, 0.15) is 17.3 Å². The summed E-state index contributed by atoms with van der Waals surface area (Å²) in [6.45, 7) is 2.62. The van der Waals surface area contributed by atoms with Gasteiger partial charge in [-0.2, -0.15) is 0 Å². The Hall–Kier alpha value is -3.70. The van der Waals surface area contributed by atoms with E-state index in [2.05, 4.69) is 48.5 Å². The first kappa shape index (κ1) is 22.1. The summed E-state index contributed by atoms with van der Waals surface area (Å²) in [7, 11) is 1.69. The first-order valence-electron chi connectivity index (χ1n) is 11.6. The van der Waals surface area contributed by atoms with Crippen LogP contribution in [0.3, 0.4) is 0 Å². The maximum Gasteiger partial charge on any atom is 0.223 e. The van der Waals surface area contributed by atoms with Crippen LogP contribution in [-0.2, 0) is 15.9 Å². The van der Waals surface area contributed by atoms with Gasteiger partial charge in [-0.15, -0.1) is 0 Å². The third kappa shape index (κ3) is 4.52. The minimum atomic E-state index is -0.230. The molecule has 0 bridgehead atoms. The predicted octanol–water partition coefficient (Wildman–Crippen LogP) is 6.22. The van der Waals surface area contributed by atoms with Crippen LogP contribution in [0.25, 0.3) is 11.3 Å². The monoisotopic (exact) mass is 452 g/mol. The predicted molar refractivity (Wildman–Crippen MR) is 133 cm³/mol. The maximum absolute atomic E-state index is 6.53. The third-order valence-electron chi connectivity index (χ3n) is 6.15. The van der Waals surface area contributed by atoms with Gasteiger partial charge in [0.25, 0.3) is 0 Å². The second kappa shape index (κ2) is 10.1. The lowest BCUT2D eigenvalue weighted by molar-refractivity contribution is 0.120. The van der Waals surface area contributed by atoms with Gasteiger partial charge in [-0.3, -0.25) is 0 Å². The lowest BCUT2D eigenvalue weighted by Gasteiger charge is -2.17. The van der Waals surface area contributed by atoms with Crippen molar-refractivity contribution in [2.75, 3.05) is 13.7 Å². The van der Waals surface area contributed by atoms with E-state index in [0.717, 1.165) is 34.6 Å². The molecule has 5 heteroatoms. The number of hydrogen-bond donors (Lipinski definition) is 0. The first-order valence-corrected chi connectivity index (χ1v) is 11.6. The van der Waals surface area contributed by atoms with Crippen molar-refractivity contribution >= 4 is 5.90 Å². The molecule has 0 spiro atoms. The minimum Gasteiger partial charge on any atom is -0.467 e. The van der Waals surface area contributed by atoms with Gasteiger partial charge < -0.3 is 14.0 Å². The average molecular weight is 453 g/mol. The normalized spacial score (nSPS) is 18.4. The van der Waals surface area contributed by atoms with E-state index in [1.165, 1.54) is 5.56 Å². The molecule has 2 heterocycles. The van der Waals surface area contributed by atoms with Crippen LogP contribution in [-0.4, -0.2) is 30.8 Å². The van der Waals surface area contributed by atoms with E-state index < -0.39 is 0 Å². The number of aromatic nitrogens is 1. The molecule has 5 nitrogen and oxygen atoms in total. The fourth-order valence-corrected chi connectivity index (χ4v) is 4.50. The van der Waals surface area contributed by atoms with E-state index in [-0.39, 0.29) is 18.1 Å². The van der Waals surface area contributed by atoms with Crippen LogP contribution >= 0.6 is 0 Å². The largest absolute Gasteiger partial charge is 0.467 e. The van der Waals surface area contributed by atoms with Gasteiger partial charge in [-0.25, -0.2) is 4.99 Å². The molecule has 0 saturated heterocycles. The maximum atomic E-state index is 6.53. The Balaban J connectivity index is 1.56. The zero-order valence-electron chi connectivity index (χ0n) is 19.4. The fourth-order valence-electron chi connectivity index (χ4n) is 4.50. The van der Waals surface area contributed by atoms with Crippen molar-refractivity contribution < 1.29 is 14.0 Å². The summed E-state index contributed by atoms with van der Waals surface area (Å²) in [4.78, 5) is 4.98. The topological polar surface area (TPSA) is 56.9 Å². The van der Waals surface area contributed by atoms with E-state index in [0.29, 0.717) is 12.5 Å². The van der Waals surface area contributed by atoms with Gasteiger partial charge in [0.05, 0.1) is 6.61 Å². The van der Waals surface area contributed by atoms with Crippen molar-refractivity contribution in [3.05, 3.63) is 113 Å². The lowest BCUT2D eigenvalue weighted by Crippen LogP contribution is -2.19. The smallest absolute Gasteiger partial charge is 0.223 e. The number of methoxy groups -OCH3 is 1. The number of aliphatic imine (C=N–C) groups is 1. The molecule has 172 valence electrons. The fraction of sp³-hybridized carbons (Fsp3) is 0.241. The highest BCUT2D eigenvalue weighted by molar-refractivity contribution is 6.02. The van der Waals surface area contributed by atoms with Crippen molar-refractivity contribution in [3.63, 3.8) is 0 Å². The van der Waals surface area contributed by atoms with E-state index in [9.17, 15) is 0 Å². The molecule has 0 unspecified atom stereocenters. The second-order valence-corrected chi connectivity index (χ2v) is 8.63. The molecular weight excluding hydrogens is 424 g/mol. The number of ether oxygens (including phenoxy) is 2. The minimum absolute atomic E-state index is 0.0883. The Kier molecular flexibility index (Phi) is 6.54. The molecule has 0 saturated carbocycles. The number of rotatable bonds is 8. The Labute approximate surface area is 200 Å². The molecule has 0 N–H and O–H groups in total. The quantitative estimate of drug-likeness (QED) is 0.318. The summed E-state index contributed by atoms with van der Waals surface area (Å²) in [6.07, 6.45) is 0.598. The molecule has 1 aromatic heterocycles. The molecule has 3 aromatic carbocycles. The van der Waals surface area contributed by atoms with Gasteiger partial charge in [-0.1, -0.05) is 103 Å². The van der Waals surface area contributed by atoms with Gasteiger partial charge >= 0.3 is 0 Å². The summed E-state index contributed by atoms with van der Waals surface area (Å²) in [5.41, 5.74) is 4.86. The zero-order valence-corrected chi connectivity index (χ0v) is 19.4. The molecule has 0 radical (unpaired) electrons. The van der Waals surface area contributed by atoms with Crippen LogP contribution in [0.5, 0.6) is 0 Å². The van der Waals surface area contributed by atoms with E-state index in [1.54, 1.807) is 7.11 Å². The highest BCUT2D eigenvalue weighted by Crippen LogP contribution is 2.38. The number of benzene rings is 3. The van der Waals surface area contributed by atoms with E-state index in [4.69, 9.17) is 19.0 Å². The summed E-state index contributed by atoms with van der Waals surface area (Å²) >= 11 is 0. The lowest BCUT2D eigenvalue weighted by atomic mass is 9.94. The Bertz CT molecular complexity index is 1240. The van der Waals surface area contributed by atoms with Crippen molar-refractivity contribution in [2.24, 2.45) is 4.99 Å². The van der Waals surface area contributed by atoms with Crippen molar-refractivity contribution in [3.8, 4) is 11.3 Å². The first-order chi connectivity index (χ1) is 16.7. The molecule has 1 aliphatic rings. The molecular formula is C29H28N2O3. The summed E-state index contributed by atoms with van der Waals surface area (Å²) in [5.74, 6) is 1.43. The highest BCUT2D eigenvalue weighted by atomic mass is 16.5. The summed E-state index contributed by atoms with van der Waals surface area (Å²) < 4.78 is 18.0. The van der Waals surface area contributed by atoms with Crippen molar-refractivity contribution in [1.29, 1.82) is 0 Å². The average Bonchev–Trinajstić information content (AvgIpc) is 3.51. The van der Waals surface area contributed by atoms with Crippen molar-refractivity contribution in [1.82, 2.24) is 5.16 Å². The van der Waals surface area contributed by atoms with Crippen LogP contribution in [0.4, 0.5) is 0 Å². The molecule has 0 aliphatic carbocycles. The Morgan fingerprint density at radius 3 is 2.21 bits per heavy atom. The van der Waals surface area contributed by atoms with Crippen LogP contribution < -0.4 is 0 Å². The number of nitrogens with zero attached hydrogens (tertiary/aromatic N) is 2. The van der Waals surface area contributed by atoms with Gasteiger partial charge in [-0.05, 0) is 17.5 Å². The van der Waals surface area contributed by atoms with Crippen LogP contribution in [0, 0.1) is 0 Å². The summed E-state index contributed by atoms with van der Waals surface area (Å²) in [5, 5.41) is 4.50. The Morgan fingerprint density at radius 1 is 0.882 bits per heavy atom. The molecule has 0 fully saturated rings. The third-order valence-corrected chi connectivity index (χ3v) is 6.15. The molecule has 3 atom stereocenters. The zero-order chi connectivity index (χ0) is 23.3. The standard InChI is InChI=1S/C29H28N2O3/c1-20(18-21-12-6-3-7-13-21)27-25(26(31-34-27)22-14-8-4-9-15-22)29-30-24(19-32-2)28(33-29)23-16-10-5-11-17-23/h3-17,20,24,28H,18-19H2,1-2H3/t20-,24+,28+/m1/s1. The van der Waals surface area contributed by atoms with Crippen LogP contribution in [0.1, 0.15) is 41.4 Å². The summed E-state index contributed by atoms with van der Waals surface area (Å²) in [6, 6.07) is 30.5. The molecule has 34 heavy (non-hydrogen) atoms. The van der Waals surface area contributed by atoms with Gasteiger partial charge in [0.2, 0.25) is 5.90 Å². The SMILES string of the molecule is COC[C@@H]1N=C(c2c(-c3ccccc3)noc2[C@H](C)Cc2ccccc2)O[C@H]1c1ccccc1. The van der Waals surface area contributed by atoms with Crippen LogP contribution in [0.15, 0.2) is 101 Å². The molecule has 5 rings (SSSR count). The van der Waals surface area contributed by atoms with Crippen LogP contribution in [0.2, 0.25) is 0 Å². The van der Waals surface area contributed by atoms with E-state index in [1.807, 2.05) is 54.6 Å². The Morgan fingerprint density at radius 2 is 1.53 bits per heavy atom. The van der Waals surface area contributed by atoms with Gasteiger partial charge in [0.15, 0.2) is 11.9 Å². The van der Waals surface area contributed by atoms with Gasteiger partial charge in [0, 0.05) is 18.6 Å². The van der Waals surface area contributed by atoms with E-state index >= 15 is 0 Å². The molecule has 4 aromatic rings. The van der Waals surface area contributed by atoms with Crippen molar-refractivity contribution in [2.45, 2.75) is 31.4 Å². The molecule has 0 amide bonds. The molecule has 1 aliphatic heterocycles.